The van der Waals surface area contributed by atoms with Crippen molar-refractivity contribution < 1.29 is 4.74 Å². The summed E-state index contributed by atoms with van der Waals surface area (Å²) in [5.41, 5.74) is 6.89. The Balaban J connectivity index is 2.01. The molecule has 0 atom stereocenters. The van der Waals surface area contributed by atoms with E-state index in [9.17, 15) is 0 Å². The van der Waals surface area contributed by atoms with Gasteiger partial charge in [-0.3, -0.25) is 4.98 Å². The van der Waals surface area contributed by atoms with Gasteiger partial charge in [-0.2, -0.15) is 0 Å². The first kappa shape index (κ1) is 15.2. The molecule has 112 valence electrons. The van der Waals surface area contributed by atoms with Gasteiger partial charge >= 0.3 is 0 Å². The van der Waals surface area contributed by atoms with Crippen molar-refractivity contribution in [3.05, 3.63) is 42.0 Å². The van der Waals surface area contributed by atoms with E-state index in [2.05, 4.69) is 15.0 Å². The third-order valence-corrected chi connectivity index (χ3v) is 3.03. The lowest BCUT2D eigenvalue weighted by atomic mass is 10.2. The molecule has 0 amide bonds. The Morgan fingerprint density at radius 2 is 2.14 bits per heavy atom. The molecule has 21 heavy (non-hydrogen) atoms. The molecule has 2 aromatic heterocycles. The van der Waals surface area contributed by atoms with Crippen LogP contribution in [0.3, 0.4) is 0 Å². The number of ether oxygens (including phenoxy) is 1. The Morgan fingerprint density at radius 1 is 1.29 bits per heavy atom. The second-order valence-electron chi connectivity index (χ2n) is 4.70. The highest BCUT2D eigenvalue weighted by Gasteiger charge is 2.08. The first-order valence-electron chi connectivity index (χ1n) is 7.01. The van der Waals surface area contributed by atoms with Crippen molar-refractivity contribution in [1.29, 1.82) is 0 Å². The molecule has 0 aliphatic rings. The van der Waals surface area contributed by atoms with Gasteiger partial charge in [0.25, 0.3) is 0 Å². The topological polar surface area (TPSA) is 77.2 Å². The molecule has 0 saturated carbocycles. The molecule has 0 bridgehead atoms. The van der Waals surface area contributed by atoms with Crippen LogP contribution < -0.4 is 10.6 Å². The Hall–Kier alpha value is -2.21. The van der Waals surface area contributed by atoms with Crippen LogP contribution in [0.4, 0.5) is 11.6 Å². The summed E-state index contributed by atoms with van der Waals surface area (Å²) in [5, 5.41) is 0. The molecule has 0 aliphatic heterocycles. The summed E-state index contributed by atoms with van der Waals surface area (Å²) >= 11 is 0. The summed E-state index contributed by atoms with van der Waals surface area (Å²) in [7, 11) is 1.98. The molecule has 0 spiro atoms. The molecule has 0 saturated heterocycles. The molecule has 0 unspecified atom stereocenters. The molecule has 0 fully saturated rings. The van der Waals surface area contributed by atoms with E-state index >= 15 is 0 Å². The summed E-state index contributed by atoms with van der Waals surface area (Å²) in [4.78, 5) is 15.0. The van der Waals surface area contributed by atoms with Crippen molar-refractivity contribution in [3.63, 3.8) is 0 Å². The molecule has 2 aromatic rings. The molecule has 2 rings (SSSR count). The zero-order valence-electron chi connectivity index (χ0n) is 12.5. The van der Waals surface area contributed by atoms with Crippen LogP contribution in [0.5, 0.6) is 0 Å². The first-order chi connectivity index (χ1) is 10.2. The maximum Gasteiger partial charge on any atom is 0.158 e. The number of pyridine rings is 1. The minimum Gasteiger partial charge on any atom is -0.384 e. The number of anilines is 2. The molecule has 2 heterocycles. The largest absolute Gasteiger partial charge is 0.384 e. The second kappa shape index (κ2) is 7.54. The highest BCUT2D eigenvalue weighted by Crippen LogP contribution is 2.13. The van der Waals surface area contributed by atoms with Gasteiger partial charge in [-0.25, -0.2) is 9.97 Å². The van der Waals surface area contributed by atoms with Gasteiger partial charge in [0.2, 0.25) is 0 Å². The fourth-order valence-electron chi connectivity index (χ4n) is 1.90. The maximum atomic E-state index is 5.83. The molecular weight excluding hydrogens is 266 g/mol. The van der Waals surface area contributed by atoms with Gasteiger partial charge in [0.15, 0.2) is 5.82 Å². The number of nitrogens with two attached hydrogens (primary N) is 1. The van der Waals surface area contributed by atoms with E-state index < -0.39 is 0 Å². The van der Waals surface area contributed by atoms with Crippen molar-refractivity contribution in [3.8, 4) is 0 Å². The quantitative estimate of drug-likeness (QED) is 0.834. The van der Waals surface area contributed by atoms with Crippen molar-refractivity contribution in [2.45, 2.75) is 20.0 Å². The third-order valence-electron chi connectivity index (χ3n) is 3.03. The van der Waals surface area contributed by atoms with Crippen LogP contribution in [-0.4, -0.2) is 35.2 Å². The van der Waals surface area contributed by atoms with E-state index in [0.29, 0.717) is 24.9 Å². The van der Waals surface area contributed by atoms with E-state index in [1.807, 2.05) is 37.1 Å². The number of hydrogen-bond donors (Lipinski definition) is 1. The summed E-state index contributed by atoms with van der Waals surface area (Å²) in [6.07, 6.45) is 2.65. The van der Waals surface area contributed by atoms with Crippen LogP contribution in [0.2, 0.25) is 0 Å². The van der Waals surface area contributed by atoms with Gasteiger partial charge in [0.05, 0.1) is 0 Å². The number of aromatic nitrogens is 3. The number of rotatable bonds is 7. The normalized spacial score (nSPS) is 10.6. The first-order valence-corrected chi connectivity index (χ1v) is 7.01. The molecule has 0 radical (unpaired) electrons. The van der Waals surface area contributed by atoms with E-state index in [4.69, 9.17) is 10.5 Å². The second-order valence-corrected chi connectivity index (χ2v) is 4.70. The zero-order chi connectivity index (χ0) is 15.1. The number of likely N-dealkylation sites (N-methyl/N-ethyl adjacent to an activating group) is 1. The predicted molar refractivity (Wildman–Crippen MR) is 83.0 cm³/mol. The van der Waals surface area contributed by atoms with Crippen LogP contribution in [0.1, 0.15) is 18.4 Å². The Bertz CT molecular complexity index is 561. The molecule has 6 heteroatoms. The average molecular weight is 287 g/mol. The molecule has 6 nitrogen and oxygen atoms in total. The minimum atomic E-state index is 0.378. The third kappa shape index (κ3) is 4.68. The van der Waals surface area contributed by atoms with Gasteiger partial charge in [0, 0.05) is 44.6 Å². The highest BCUT2D eigenvalue weighted by atomic mass is 16.5. The summed E-state index contributed by atoms with van der Waals surface area (Å²) < 4.78 is 5.33. The van der Waals surface area contributed by atoms with Crippen molar-refractivity contribution >= 4 is 11.6 Å². The van der Waals surface area contributed by atoms with E-state index in [-0.39, 0.29) is 0 Å². The summed E-state index contributed by atoms with van der Waals surface area (Å²) in [6.45, 7) is 3.75. The van der Waals surface area contributed by atoms with E-state index in [1.165, 1.54) is 0 Å². The highest BCUT2D eigenvalue weighted by molar-refractivity contribution is 5.46. The smallest absolute Gasteiger partial charge is 0.158 e. The molecule has 0 aliphatic carbocycles. The minimum absolute atomic E-state index is 0.378. The van der Waals surface area contributed by atoms with Crippen LogP contribution in [0.15, 0.2) is 30.5 Å². The summed E-state index contributed by atoms with van der Waals surface area (Å²) in [5.74, 6) is 1.86. The summed E-state index contributed by atoms with van der Waals surface area (Å²) in [6, 6.07) is 7.69. The fourth-order valence-corrected chi connectivity index (χ4v) is 1.90. The van der Waals surface area contributed by atoms with Crippen LogP contribution in [0.25, 0.3) is 0 Å². The van der Waals surface area contributed by atoms with Crippen LogP contribution in [-0.2, 0) is 17.8 Å². The zero-order valence-corrected chi connectivity index (χ0v) is 12.5. The lowest BCUT2D eigenvalue weighted by Gasteiger charge is -2.18. The Labute approximate surface area is 125 Å². The maximum absolute atomic E-state index is 5.83. The molecular formula is C15H21N5O. The van der Waals surface area contributed by atoms with Crippen molar-refractivity contribution in [2.75, 3.05) is 30.8 Å². The van der Waals surface area contributed by atoms with Gasteiger partial charge in [-0.1, -0.05) is 6.07 Å². The molecule has 2 N–H and O–H groups in total. The SMILES string of the molecule is CCOCc1nc(N)cc(N(C)CCc2ccccn2)n1. The van der Waals surface area contributed by atoms with Crippen LogP contribution in [0, 0.1) is 0 Å². The number of nitrogens with zero attached hydrogens (tertiary/aromatic N) is 4. The number of nitrogen functional groups attached to an aromatic ring is 1. The average Bonchev–Trinajstić information content (AvgIpc) is 2.51. The lowest BCUT2D eigenvalue weighted by Crippen LogP contribution is -2.22. The number of hydrogen-bond acceptors (Lipinski definition) is 6. The Kier molecular flexibility index (Phi) is 5.45. The Morgan fingerprint density at radius 3 is 2.86 bits per heavy atom. The van der Waals surface area contributed by atoms with Crippen molar-refractivity contribution in [2.24, 2.45) is 0 Å². The standard InChI is InChI=1S/C15H21N5O/c1-3-21-11-14-18-13(16)10-15(19-14)20(2)9-7-12-6-4-5-8-17-12/h4-6,8,10H,3,7,9,11H2,1-2H3,(H2,16,18,19). The van der Waals surface area contributed by atoms with Gasteiger partial charge < -0.3 is 15.4 Å². The predicted octanol–water partition coefficient (Wildman–Crippen LogP) is 1.67. The van der Waals surface area contributed by atoms with Gasteiger partial charge in [-0.05, 0) is 19.1 Å². The van der Waals surface area contributed by atoms with Crippen molar-refractivity contribution in [1.82, 2.24) is 15.0 Å². The van der Waals surface area contributed by atoms with Crippen LogP contribution >= 0.6 is 0 Å². The van der Waals surface area contributed by atoms with Gasteiger partial charge in [0.1, 0.15) is 18.2 Å². The lowest BCUT2D eigenvalue weighted by molar-refractivity contribution is 0.128. The van der Waals surface area contributed by atoms with E-state index in [1.54, 1.807) is 12.3 Å². The fraction of sp³-hybridized carbons (Fsp3) is 0.400. The van der Waals surface area contributed by atoms with E-state index in [0.717, 1.165) is 24.5 Å². The molecule has 0 aromatic carbocycles. The van der Waals surface area contributed by atoms with Gasteiger partial charge in [-0.15, -0.1) is 0 Å². The monoisotopic (exact) mass is 287 g/mol.